The van der Waals surface area contributed by atoms with E-state index in [4.69, 9.17) is 0 Å². The van der Waals surface area contributed by atoms with Crippen molar-refractivity contribution >= 4 is 70.4 Å². The van der Waals surface area contributed by atoms with Gasteiger partial charge in [-0.25, -0.2) is 0 Å². The third kappa shape index (κ3) is 5.98. The van der Waals surface area contributed by atoms with Crippen LogP contribution in [0.4, 0.5) is 17.1 Å². The minimum Gasteiger partial charge on any atom is -0.310 e. The lowest BCUT2D eigenvalue weighted by molar-refractivity contribution is 0.332. The van der Waals surface area contributed by atoms with Crippen LogP contribution < -0.4 is 4.90 Å². The van der Waals surface area contributed by atoms with E-state index in [0.717, 1.165) is 22.7 Å². The summed E-state index contributed by atoms with van der Waals surface area (Å²) in [5, 5.41) is 5.11. The highest BCUT2D eigenvalue weighted by Gasteiger charge is 2.37. The molecule has 0 spiro atoms. The Kier molecular flexibility index (Phi) is 8.22. The third-order valence-corrected chi connectivity index (χ3v) is 14.2. The second-order valence-electron chi connectivity index (χ2n) is 17.7. The molecule has 11 rings (SSSR count). The van der Waals surface area contributed by atoms with E-state index in [2.05, 4.69) is 219 Å². The molecule has 2 aromatic heterocycles. The first-order chi connectivity index (χ1) is 28.7. The van der Waals surface area contributed by atoms with Crippen LogP contribution in [0.2, 0.25) is 0 Å². The summed E-state index contributed by atoms with van der Waals surface area (Å²) in [5.74, 6) is 0. The van der Waals surface area contributed by atoms with Crippen LogP contribution in [-0.4, -0.2) is 4.57 Å². The standard InChI is InChI=1S/C56H46N2S/c1-55(2)31-32-56(3,4)50-34-40(23-30-49(50)55)39-15-12-16-42(33-39)58-51-19-10-8-17-45(51)46-28-26-43(35-52(46)58)57(41-24-21-38(22-25-41)37-13-6-5-7-14-37)44-27-29-48-47-18-9-11-20-53(47)59-54(48)36-44/h5-30,33-36H,31-32H2,1-4H3. The van der Waals surface area contributed by atoms with E-state index in [0.29, 0.717) is 0 Å². The molecule has 1 aliphatic rings. The smallest absolute Gasteiger partial charge is 0.0561 e. The van der Waals surface area contributed by atoms with E-state index in [9.17, 15) is 0 Å². The number of fused-ring (bicyclic) bond motifs is 7. The van der Waals surface area contributed by atoms with Gasteiger partial charge < -0.3 is 9.47 Å². The van der Waals surface area contributed by atoms with Crippen molar-refractivity contribution in [2.75, 3.05) is 4.90 Å². The number of anilines is 3. The van der Waals surface area contributed by atoms with Crippen LogP contribution >= 0.6 is 11.3 Å². The number of thiophene rings is 1. The fourth-order valence-electron chi connectivity index (χ4n) is 9.70. The average molecular weight is 779 g/mol. The Hall–Kier alpha value is -6.42. The van der Waals surface area contributed by atoms with Crippen molar-refractivity contribution in [1.29, 1.82) is 0 Å². The average Bonchev–Trinajstić information content (AvgIpc) is 3.81. The van der Waals surface area contributed by atoms with Gasteiger partial charge >= 0.3 is 0 Å². The quantitative estimate of drug-likeness (QED) is 0.163. The van der Waals surface area contributed by atoms with Crippen LogP contribution in [-0.2, 0) is 10.8 Å². The summed E-state index contributed by atoms with van der Waals surface area (Å²) in [7, 11) is 0. The zero-order valence-corrected chi connectivity index (χ0v) is 34.9. The van der Waals surface area contributed by atoms with Crippen molar-refractivity contribution in [2.24, 2.45) is 0 Å². The van der Waals surface area contributed by atoms with Gasteiger partial charge in [-0.3, -0.25) is 0 Å². The highest BCUT2D eigenvalue weighted by molar-refractivity contribution is 7.25. The molecule has 1 aliphatic carbocycles. The maximum absolute atomic E-state index is 2.48. The van der Waals surface area contributed by atoms with Crippen LogP contribution in [0.5, 0.6) is 0 Å². The summed E-state index contributed by atoms with van der Waals surface area (Å²) in [6, 6.07) is 67.6. The predicted octanol–water partition coefficient (Wildman–Crippen LogP) is 16.3. The highest BCUT2D eigenvalue weighted by atomic mass is 32.1. The van der Waals surface area contributed by atoms with Crippen LogP contribution in [0.1, 0.15) is 51.7 Å². The van der Waals surface area contributed by atoms with Crippen molar-refractivity contribution in [3.63, 3.8) is 0 Å². The van der Waals surface area contributed by atoms with Gasteiger partial charge in [0.05, 0.1) is 11.0 Å². The van der Waals surface area contributed by atoms with Crippen molar-refractivity contribution in [3.05, 3.63) is 193 Å². The Morgan fingerprint density at radius 1 is 0.407 bits per heavy atom. The minimum atomic E-state index is 0.150. The second-order valence-corrected chi connectivity index (χ2v) is 18.7. The number of hydrogen-bond donors (Lipinski definition) is 0. The summed E-state index contributed by atoms with van der Waals surface area (Å²) < 4.78 is 5.07. The predicted molar refractivity (Wildman–Crippen MR) is 255 cm³/mol. The summed E-state index contributed by atoms with van der Waals surface area (Å²) in [4.78, 5) is 2.42. The van der Waals surface area contributed by atoms with E-state index < -0.39 is 0 Å². The van der Waals surface area contributed by atoms with Gasteiger partial charge in [-0.2, -0.15) is 0 Å². The Morgan fingerprint density at radius 3 is 1.80 bits per heavy atom. The molecule has 0 unspecified atom stereocenters. The van der Waals surface area contributed by atoms with Gasteiger partial charge in [0.25, 0.3) is 0 Å². The van der Waals surface area contributed by atoms with E-state index in [1.807, 2.05) is 11.3 Å². The molecule has 0 N–H and O–H groups in total. The fourth-order valence-corrected chi connectivity index (χ4v) is 10.8. The zero-order valence-electron chi connectivity index (χ0n) is 34.0. The van der Waals surface area contributed by atoms with Gasteiger partial charge in [-0.15, -0.1) is 11.3 Å². The molecule has 10 aromatic rings. The molecule has 0 radical (unpaired) electrons. The van der Waals surface area contributed by atoms with E-state index in [1.54, 1.807) is 0 Å². The van der Waals surface area contributed by atoms with Gasteiger partial charge in [0.2, 0.25) is 0 Å². The number of aromatic nitrogens is 1. The fraction of sp³-hybridized carbons (Fsp3) is 0.143. The number of para-hydroxylation sites is 1. The number of nitrogens with zero attached hydrogens (tertiary/aromatic N) is 2. The SMILES string of the molecule is CC1(C)CCC(C)(C)c2cc(-c3cccc(-n4c5ccccc5c5ccc(N(c6ccc(-c7ccccc7)cc6)c6ccc7c(c6)sc6ccccc67)cc54)c3)ccc21. The van der Waals surface area contributed by atoms with Crippen molar-refractivity contribution in [3.8, 4) is 27.9 Å². The number of hydrogen-bond acceptors (Lipinski definition) is 2. The van der Waals surface area contributed by atoms with Crippen LogP contribution in [0, 0.1) is 0 Å². The van der Waals surface area contributed by atoms with E-state index in [1.165, 1.54) is 88.2 Å². The molecule has 0 bridgehead atoms. The Morgan fingerprint density at radius 2 is 0.983 bits per heavy atom. The van der Waals surface area contributed by atoms with Gasteiger partial charge in [0.1, 0.15) is 0 Å². The number of rotatable bonds is 6. The van der Waals surface area contributed by atoms with Crippen LogP contribution in [0.15, 0.2) is 182 Å². The second kappa shape index (κ2) is 13.6. The van der Waals surface area contributed by atoms with Crippen LogP contribution in [0.3, 0.4) is 0 Å². The molecule has 2 heterocycles. The Balaban J connectivity index is 1.08. The first-order valence-electron chi connectivity index (χ1n) is 20.9. The molecule has 0 saturated heterocycles. The molecular formula is C56H46N2S. The largest absolute Gasteiger partial charge is 0.310 e. The van der Waals surface area contributed by atoms with Gasteiger partial charge in [0.15, 0.2) is 0 Å². The molecule has 3 heteroatoms. The first kappa shape index (κ1) is 35.7. The molecular weight excluding hydrogens is 733 g/mol. The number of benzene rings is 8. The molecule has 0 amide bonds. The van der Waals surface area contributed by atoms with Crippen LogP contribution in [0.25, 0.3) is 69.9 Å². The normalized spacial score (nSPS) is 14.6. The lowest BCUT2D eigenvalue weighted by Gasteiger charge is -2.42. The highest BCUT2D eigenvalue weighted by Crippen LogP contribution is 2.48. The monoisotopic (exact) mass is 778 g/mol. The maximum Gasteiger partial charge on any atom is 0.0561 e. The summed E-state index contributed by atoms with van der Waals surface area (Å²) >= 11 is 1.86. The Bertz CT molecular complexity index is 3220. The third-order valence-electron chi connectivity index (χ3n) is 13.1. The molecule has 286 valence electrons. The van der Waals surface area contributed by atoms with E-state index >= 15 is 0 Å². The minimum absolute atomic E-state index is 0.150. The Labute approximate surface area is 350 Å². The summed E-state index contributed by atoms with van der Waals surface area (Å²) in [6.45, 7) is 9.64. The molecule has 2 nitrogen and oxygen atoms in total. The van der Waals surface area contributed by atoms with Gasteiger partial charge in [-0.1, -0.05) is 149 Å². The topological polar surface area (TPSA) is 8.17 Å². The van der Waals surface area contributed by atoms with Crippen molar-refractivity contribution < 1.29 is 0 Å². The maximum atomic E-state index is 2.48. The molecule has 59 heavy (non-hydrogen) atoms. The van der Waals surface area contributed by atoms with Crippen molar-refractivity contribution in [2.45, 2.75) is 51.4 Å². The summed E-state index contributed by atoms with van der Waals surface area (Å²) in [6.07, 6.45) is 2.42. The van der Waals surface area contributed by atoms with Gasteiger partial charge in [0, 0.05) is 53.7 Å². The molecule has 0 saturated carbocycles. The molecule has 8 aromatic carbocycles. The lowest BCUT2D eigenvalue weighted by Crippen LogP contribution is -2.33. The molecule has 0 atom stereocenters. The van der Waals surface area contributed by atoms with Gasteiger partial charge in [-0.05, 0) is 118 Å². The molecule has 0 fully saturated rings. The van der Waals surface area contributed by atoms with Crippen molar-refractivity contribution in [1.82, 2.24) is 4.57 Å². The molecule has 0 aliphatic heterocycles. The summed E-state index contributed by atoms with van der Waals surface area (Å²) in [5.41, 5.74) is 15.2. The first-order valence-corrected chi connectivity index (χ1v) is 21.7. The zero-order chi connectivity index (χ0) is 39.9. The van der Waals surface area contributed by atoms with E-state index in [-0.39, 0.29) is 10.8 Å². The lowest BCUT2D eigenvalue weighted by atomic mass is 9.63.